The van der Waals surface area contributed by atoms with Gasteiger partial charge >= 0.3 is 0 Å². The number of benzene rings is 1. The summed E-state index contributed by atoms with van der Waals surface area (Å²) in [4.78, 5) is 41.3. The third kappa shape index (κ3) is 3.96. The number of aliphatic hydroxyl groups is 3. The normalized spacial score (nSPS) is 27.3. The molecule has 0 spiro atoms. The average molecular weight is 540 g/mol. The lowest BCUT2D eigenvalue weighted by molar-refractivity contribution is -0.153. The van der Waals surface area contributed by atoms with E-state index in [4.69, 9.17) is 5.73 Å². The first-order chi connectivity index (χ1) is 17.6. The van der Waals surface area contributed by atoms with Crippen LogP contribution in [0.15, 0.2) is 23.0 Å². The van der Waals surface area contributed by atoms with Gasteiger partial charge in [-0.15, -0.1) is 0 Å². The van der Waals surface area contributed by atoms with Crippen LogP contribution >= 0.6 is 0 Å². The van der Waals surface area contributed by atoms with Crippen molar-refractivity contribution >= 4 is 23.2 Å². The van der Waals surface area contributed by atoms with Gasteiger partial charge in [0.15, 0.2) is 11.4 Å². The molecule has 1 amide bonds. The first-order valence-corrected chi connectivity index (χ1v) is 11.8. The number of primary amides is 1. The number of rotatable bonds is 6. The molecule has 10 nitrogen and oxygen atoms in total. The minimum atomic E-state index is -2.80. The van der Waals surface area contributed by atoms with Crippen LogP contribution in [0, 0.1) is 17.7 Å². The van der Waals surface area contributed by atoms with Gasteiger partial charge in [0, 0.05) is 29.2 Å². The summed E-state index contributed by atoms with van der Waals surface area (Å²) in [5.74, 6) is -9.22. The predicted molar refractivity (Wildman–Crippen MR) is 127 cm³/mol. The number of hydrogen-bond donors (Lipinski definition) is 5. The highest BCUT2D eigenvalue weighted by Crippen LogP contribution is 2.53. The van der Waals surface area contributed by atoms with E-state index in [-0.39, 0.29) is 30.5 Å². The summed E-state index contributed by atoms with van der Waals surface area (Å²) < 4.78 is 41.1. The molecule has 6 N–H and O–H groups in total. The summed E-state index contributed by atoms with van der Waals surface area (Å²) >= 11 is 0. The summed E-state index contributed by atoms with van der Waals surface area (Å²) in [6, 6.07) is -0.304. The molecule has 13 heteroatoms. The fourth-order valence-corrected chi connectivity index (χ4v) is 6.05. The second kappa shape index (κ2) is 9.40. The summed E-state index contributed by atoms with van der Waals surface area (Å²) in [6.07, 6.45) is -3.10. The number of nitrogens with zero attached hydrogens (tertiary/aromatic N) is 2. The molecular weight excluding hydrogens is 511 g/mol. The number of phenolic OH excluding ortho intramolecular Hbond substituents is 1. The number of phenols is 1. The first-order valence-electron chi connectivity index (χ1n) is 11.8. The Balaban J connectivity index is 1.88. The van der Waals surface area contributed by atoms with Crippen LogP contribution in [0.1, 0.15) is 23.1 Å². The minimum Gasteiger partial charge on any atom is -0.508 e. The Morgan fingerprint density at radius 2 is 1.84 bits per heavy atom. The molecule has 0 aliphatic heterocycles. The van der Waals surface area contributed by atoms with Gasteiger partial charge in [-0.2, -0.15) is 0 Å². The first kappa shape index (κ1) is 27.6. The molecule has 0 bridgehead atoms. The van der Waals surface area contributed by atoms with E-state index in [9.17, 15) is 43.6 Å². The molecule has 1 saturated carbocycles. The van der Waals surface area contributed by atoms with E-state index in [0.717, 1.165) is 11.0 Å². The lowest BCUT2D eigenvalue weighted by atomic mass is 9.57. The lowest BCUT2D eigenvalue weighted by Gasteiger charge is -2.50. The SMILES string of the molecule is CN(Cc1cc(O)c2c(c1F)C[C@H]1C[C@H]3[C@H](N(C)C)C(=O)C(C(N)=O)=C(O)[C@@]3(O)C(=O)C1=C2O)CC(F)F. The summed E-state index contributed by atoms with van der Waals surface area (Å²) in [7, 11) is 4.28. The van der Waals surface area contributed by atoms with Crippen molar-refractivity contribution in [3.8, 4) is 5.75 Å². The van der Waals surface area contributed by atoms with Gasteiger partial charge in [0.25, 0.3) is 12.3 Å². The third-order valence-electron chi connectivity index (χ3n) is 7.62. The van der Waals surface area contributed by atoms with Gasteiger partial charge in [-0.05, 0) is 46.0 Å². The van der Waals surface area contributed by atoms with E-state index >= 15 is 4.39 Å². The van der Waals surface area contributed by atoms with Gasteiger partial charge in [-0.25, -0.2) is 13.2 Å². The molecule has 206 valence electrons. The van der Waals surface area contributed by atoms with Gasteiger partial charge in [-0.1, -0.05) is 0 Å². The zero-order valence-corrected chi connectivity index (χ0v) is 20.8. The van der Waals surface area contributed by atoms with Gasteiger partial charge in [0.05, 0.1) is 18.2 Å². The molecule has 0 radical (unpaired) electrons. The van der Waals surface area contributed by atoms with Crippen LogP contribution in [-0.4, -0.2) is 93.5 Å². The number of carbonyl (C=O) groups excluding carboxylic acids is 3. The van der Waals surface area contributed by atoms with Crippen LogP contribution in [0.2, 0.25) is 0 Å². The van der Waals surface area contributed by atoms with Gasteiger partial charge in [0.2, 0.25) is 5.78 Å². The maximum atomic E-state index is 15.6. The Morgan fingerprint density at radius 1 is 1.21 bits per heavy atom. The van der Waals surface area contributed by atoms with Crippen molar-refractivity contribution in [3.63, 3.8) is 0 Å². The number of nitrogens with two attached hydrogens (primary N) is 1. The highest BCUT2D eigenvalue weighted by atomic mass is 19.3. The van der Waals surface area contributed by atoms with Crippen molar-refractivity contribution in [2.75, 3.05) is 27.7 Å². The lowest BCUT2D eigenvalue weighted by Crippen LogP contribution is -2.65. The van der Waals surface area contributed by atoms with Crippen molar-refractivity contribution in [2.45, 2.75) is 37.5 Å². The average Bonchev–Trinajstić information content (AvgIpc) is 2.78. The van der Waals surface area contributed by atoms with Crippen LogP contribution in [0.4, 0.5) is 13.2 Å². The van der Waals surface area contributed by atoms with Gasteiger partial charge in [-0.3, -0.25) is 24.2 Å². The molecule has 1 aromatic rings. The fraction of sp³-hybridized carbons (Fsp3) is 0.480. The van der Waals surface area contributed by atoms with Crippen molar-refractivity contribution < 1.29 is 48.0 Å². The maximum absolute atomic E-state index is 15.6. The molecule has 1 aromatic carbocycles. The molecule has 0 heterocycles. The zero-order valence-electron chi connectivity index (χ0n) is 20.8. The summed E-state index contributed by atoms with van der Waals surface area (Å²) in [5, 5.41) is 44.0. The van der Waals surface area contributed by atoms with E-state index < -0.39 is 93.7 Å². The second-order valence-electron chi connectivity index (χ2n) is 10.3. The fourth-order valence-electron chi connectivity index (χ4n) is 6.05. The molecule has 4 rings (SSSR count). The van der Waals surface area contributed by atoms with Crippen molar-refractivity contribution in [2.24, 2.45) is 17.6 Å². The number of fused-ring (bicyclic) bond motifs is 3. The number of halogens is 3. The van der Waals surface area contributed by atoms with Crippen LogP contribution in [0.3, 0.4) is 0 Å². The largest absolute Gasteiger partial charge is 0.508 e. The smallest absolute Gasteiger partial charge is 0.255 e. The molecule has 3 aliphatic carbocycles. The van der Waals surface area contributed by atoms with E-state index in [1.54, 1.807) is 0 Å². The van der Waals surface area contributed by atoms with Crippen LogP contribution in [-0.2, 0) is 27.3 Å². The Kier molecular flexibility index (Phi) is 6.83. The van der Waals surface area contributed by atoms with Crippen LogP contribution in [0.25, 0.3) is 5.76 Å². The standard InChI is InChI=1S/C25H28F3N3O7/c1-30(2)19-12-5-9-4-11-16(13(32)6-10(18(11)28)7-31(3)8-14(26)27)20(33)15(9)22(35)25(12,38)23(36)17(21(19)34)24(29)37/h6,9,12,14,19,32-33,36,38H,4-5,7-8H2,1-3H3,(H2,29,37)/t9-,12-,19-,25-/m0/s1. The van der Waals surface area contributed by atoms with E-state index in [1.165, 1.54) is 26.0 Å². The molecule has 0 aromatic heterocycles. The number of aromatic hydroxyl groups is 1. The number of hydrogen-bond acceptors (Lipinski definition) is 9. The number of Topliss-reactive ketones (excluding diaryl/α,β-unsaturated/α-hetero) is 2. The van der Waals surface area contributed by atoms with Gasteiger partial charge in [0.1, 0.15) is 28.7 Å². The van der Waals surface area contributed by atoms with E-state index in [1.807, 2.05) is 0 Å². The van der Waals surface area contributed by atoms with Crippen molar-refractivity contribution in [1.82, 2.24) is 9.80 Å². The van der Waals surface area contributed by atoms with E-state index in [2.05, 4.69) is 0 Å². The highest BCUT2D eigenvalue weighted by molar-refractivity contribution is 6.24. The second-order valence-corrected chi connectivity index (χ2v) is 10.3. The minimum absolute atomic E-state index is 0.106. The van der Waals surface area contributed by atoms with E-state index in [0.29, 0.717) is 0 Å². The molecular formula is C25H28F3N3O7. The summed E-state index contributed by atoms with van der Waals surface area (Å²) in [6.45, 7) is -0.916. The number of amides is 1. The molecule has 0 unspecified atom stereocenters. The molecule has 0 saturated heterocycles. The van der Waals surface area contributed by atoms with Crippen LogP contribution in [0.5, 0.6) is 5.75 Å². The molecule has 38 heavy (non-hydrogen) atoms. The Labute approximate surface area is 215 Å². The Morgan fingerprint density at radius 3 is 2.39 bits per heavy atom. The number of aliphatic hydroxyl groups excluding tert-OH is 2. The maximum Gasteiger partial charge on any atom is 0.255 e. The monoisotopic (exact) mass is 539 g/mol. The Bertz CT molecular complexity index is 1310. The quantitative estimate of drug-likeness (QED) is 0.329. The summed E-state index contributed by atoms with van der Waals surface area (Å²) in [5.41, 5.74) is 0.469. The molecule has 1 fully saturated rings. The number of ketones is 2. The van der Waals surface area contributed by atoms with Crippen LogP contribution < -0.4 is 5.73 Å². The zero-order chi connectivity index (χ0) is 28.4. The van der Waals surface area contributed by atoms with Crippen molar-refractivity contribution in [3.05, 3.63) is 45.5 Å². The van der Waals surface area contributed by atoms with Gasteiger partial charge < -0.3 is 26.2 Å². The predicted octanol–water partition coefficient (Wildman–Crippen LogP) is 0.800. The highest BCUT2D eigenvalue weighted by Gasteiger charge is 2.64. The molecule has 3 aliphatic rings. The topological polar surface area (TPSA) is 165 Å². The molecule has 4 atom stereocenters. The Hall–Kier alpha value is -3.42. The number of carbonyl (C=O) groups is 3. The number of alkyl halides is 2. The van der Waals surface area contributed by atoms with Crippen molar-refractivity contribution in [1.29, 1.82) is 0 Å². The number of likely N-dealkylation sites (N-methyl/N-ethyl adjacent to an activating group) is 1. The third-order valence-corrected chi connectivity index (χ3v) is 7.62.